The number of para-hydroxylation sites is 2. The van der Waals surface area contributed by atoms with Gasteiger partial charge in [-0.25, -0.2) is 0 Å². The van der Waals surface area contributed by atoms with Gasteiger partial charge in [0.2, 0.25) is 0 Å². The molecule has 246 valence electrons. The lowest BCUT2D eigenvalue weighted by Crippen LogP contribution is -2.62. The monoisotopic (exact) mass is 650 g/mol. The molecule has 0 N–H and O–H groups in total. The molecule has 3 aromatic rings. The number of piperidine rings is 1. The Morgan fingerprint density at radius 1 is 0.870 bits per heavy atom. The van der Waals surface area contributed by atoms with Crippen molar-refractivity contribution in [2.24, 2.45) is 0 Å². The average Bonchev–Trinajstić information content (AvgIpc) is 3.06. The van der Waals surface area contributed by atoms with Crippen molar-refractivity contribution in [1.29, 1.82) is 0 Å². The Labute approximate surface area is 261 Å². The van der Waals surface area contributed by atoms with Crippen LogP contribution in [0.2, 0.25) is 0 Å². The Morgan fingerprint density at radius 2 is 1.57 bits per heavy atom. The number of ether oxygens (including phenoxy) is 2. The maximum atomic E-state index is 14.3. The van der Waals surface area contributed by atoms with Gasteiger partial charge in [0.25, 0.3) is 11.8 Å². The summed E-state index contributed by atoms with van der Waals surface area (Å²) in [6.45, 7) is 0.958. The molecule has 5 rings (SSSR count). The molecule has 0 radical (unpaired) electrons. The zero-order valence-corrected chi connectivity index (χ0v) is 24.9. The number of piperazine rings is 1. The van der Waals surface area contributed by atoms with Gasteiger partial charge in [0.1, 0.15) is 5.75 Å². The minimum atomic E-state index is -4.81. The van der Waals surface area contributed by atoms with Crippen LogP contribution in [0.1, 0.15) is 39.9 Å². The second-order valence-electron chi connectivity index (χ2n) is 11.2. The lowest BCUT2D eigenvalue weighted by molar-refractivity contribution is -0.168. The molecular weight excluding hydrogens is 618 g/mol. The lowest BCUT2D eigenvalue weighted by atomic mass is 9.89. The molecule has 14 heteroatoms. The van der Waals surface area contributed by atoms with Crippen molar-refractivity contribution >= 4 is 17.5 Å². The third-order valence-corrected chi connectivity index (χ3v) is 8.28. The van der Waals surface area contributed by atoms with Crippen LogP contribution < -0.4 is 9.64 Å². The molecule has 0 bridgehead atoms. The number of hydrogen-bond acceptors (Lipinski definition) is 6. The summed E-state index contributed by atoms with van der Waals surface area (Å²) in [4.78, 5) is 36.3. The molecule has 46 heavy (non-hydrogen) atoms. The summed E-state index contributed by atoms with van der Waals surface area (Å²) in [7, 11) is 1.57. The van der Waals surface area contributed by atoms with E-state index in [1.54, 1.807) is 12.0 Å². The first-order valence-electron chi connectivity index (χ1n) is 14.6. The van der Waals surface area contributed by atoms with E-state index in [2.05, 4.69) is 9.88 Å². The number of likely N-dealkylation sites (tertiary alicyclic amines) is 1. The van der Waals surface area contributed by atoms with E-state index < -0.39 is 46.5 Å². The molecule has 2 amide bonds. The second-order valence-corrected chi connectivity index (χ2v) is 11.2. The summed E-state index contributed by atoms with van der Waals surface area (Å²) >= 11 is 0. The summed E-state index contributed by atoms with van der Waals surface area (Å²) in [6.07, 6.45) is -7.15. The van der Waals surface area contributed by atoms with Crippen LogP contribution in [0.3, 0.4) is 0 Å². The van der Waals surface area contributed by atoms with Gasteiger partial charge in [0, 0.05) is 45.1 Å². The molecule has 0 aliphatic carbocycles. The SMILES string of the molecule is COc1ccccc1N1CCN(C(=O)C2(OCc3ccc(C(F)(F)F)cc3)CCCN(C(=O)c3cnccc3C(F)(F)F)C2)CC1. The van der Waals surface area contributed by atoms with Crippen molar-refractivity contribution in [3.63, 3.8) is 0 Å². The first-order valence-corrected chi connectivity index (χ1v) is 14.6. The summed E-state index contributed by atoms with van der Waals surface area (Å²) in [6, 6.07) is 12.5. The van der Waals surface area contributed by atoms with Crippen molar-refractivity contribution in [3.05, 3.63) is 89.2 Å². The minimum Gasteiger partial charge on any atom is -0.495 e. The molecule has 1 aromatic heterocycles. The molecular formula is C32H32F6N4O4. The van der Waals surface area contributed by atoms with Crippen LogP contribution in [0.15, 0.2) is 67.0 Å². The summed E-state index contributed by atoms with van der Waals surface area (Å²) < 4.78 is 92.2. The summed E-state index contributed by atoms with van der Waals surface area (Å²) in [5.74, 6) is -0.719. The normalized spacial score (nSPS) is 19.2. The first-order chi connectivity index (χ1) is 21.8. The number of carbonyl (C=O) groups excluding carboxylic acids is 2. The van der Waals surface area contributed by atoms with Crippen LogP contribution >= 0.6 is 0 Å². The van der Waals surface area contributed by atoms with E-state index in [0.717, 1.165) is 41.2 Å². The number of carbonyl (C=O) groups is 2. The largest absolute Gasteiger partial charge is 0.495 e. The molecule has 1 unspecified atom stereocenters. The molecule has 2 aliphatic heterocycles. The molecule has 0 saturated carbocycles. The van der Waals surface area contributed by atoms with E-state index in [1.165, 1.54) is 12.1 Å². The zero-order chi connectivity index (χ0) is 33.1. The average molecular weight is 651 g/mol. The standard InChI is InChI=1S/C32H32F6N4O4/c1-45-27-6-3-2-5-26(27)40-15-17-41(18-16-40)29(44)30(46-20-22-7-9-23(10-8-22)31(33,34)35)12-4-14-42(21-30)28(43)24-19-39-13-11-25(24)32(36,37)38/h2-3,5-11,13,19H,4,12,14-18,20-21H2,1H3. The predicted molar refractivity (Wildman–Crippen MR) is 155 cm³/mol. The molecule has 3 heterocycles. The first kappa shape index (κ1) is 33.0. The van der Waals surface area contributed by atoms with Gasteiger partial charge in [-0.2, -0.15) is 26.3 Å². The van der Waals surface area contributed by atoms with Crippen molar-refractivity contribution in [2.75, 3.05) is 51.3 Å². The van der Waals surface area contributed by atoms with Gasteiger partial charge in [-0.1, -0.05) is 24.3 Å². The van der Waals surface area contributed by atoms with E-state index in [9.17, 15) is 35.9 Å². The number of anilines is 1. The number of amides is 2. The van der Waals surface area contributed by atoms with Gasteiger partial charge in [0.15, 0.2) is 5.60 Å². The Bertz CT molecular complexity index is 1540. The number of pyridine rings is 1. The van der Waals surface area contributed by atoms with Gasteiger partial charge in [-0.15, -0.1) is 0 Å². The highest BCUT2D eigenvalue weighted by atomic mass is 19.4. The third kappa shape index (κ3) is 7.06. The van der Waals surface area contributed by atoms with Crippen LogP contribution in [-0.2, 0) is 28.5 Å². The molecule has 2 aliphatic rings. The van der Waals surface area contributed by atoms with Crippen molar-refractivity contribution < 1.29 is 45.4 Å². The van der Waals surface area contributed by atoms with E-state index in [-0.39, 0.29) is 45.6 Å². The molecule has 1 atom stereocenters. The Hall–Kier alpha value is -4.33. The van der Waals surface area contributed by atoms with Gasteiger partial charge in [0.05, 0.1) is 42.6 Å². The molecule has 2 fully saturated rings. The number of methoxy groups -OCH3 is 1. The fourth-order valence-electron chi connectivity index (χ4n) is 5.87. The van der Waals surface area contributed by atoms with Gasteiger partial charge in [-0.3, -0.25) is 14.6 Å². The topological polar surface area (TPSA) is 75.2 Å². The summed E-state index contributed by atoms with van der Waals surface area (Å²) in [5, 5.41) is 0. The van der Waals surface area contributed by atoms with Crippen LogP contribution in [0, 0.1) is 0 Å². The Kier molecular flexibility index (Phi) is 9.47. The second kappa shape index (κ2) is 13.2. The van der Waals surface area contributed by atoms with Crippen molar-refractivity contribution in [1.82, 2.24) is 14.8 Å². The predicted octanol–water partition coefficient (Wildman–Crippen LogP) is 5.67. The molecule has 0 spiro atoms. The number of alkyl halides is 6. The highest BCUT2D eigenvalue weighted by molar-refractivity contribution is 5.96. The van der Waals surface area contributed by atoms with E-state index in [0.29, 0.717) is 24.4 Å². The van der Waals surface area contributed by atoms with Crippen molar-refractivity contribution in [2.45, 2.75) is 37.4 Å². The Balaban J connectivity index is 1.39. The lowest BCUT2D eigenvalue weighted by Gasteiger charge is -2.45. The van der Waals surface area contributed by atoms with Crippen LogP contribution in [0.4, 0.5) is 32.0 Å². The van der Waals surface area contributed by atoms with Crippen LogP contribution in [-0.4, -0.2) is 78.6 Å². The van der Waals surface area contributed by atoms with E-state index in [1.807, 2.05) is 24.3 Å². The highest BCUT2D eigenvalue weighted by Gasteiger charge is 2.48. The van der Waals surface area contributed by atoms with Gasteiger partial charge < -0.3 is 24.2 Å². The number of nitrogens with zero attached hydrogens (tertiary/aromatic N) is 4. The maximum absolute atomic E-state index is 14.3. The number of rotatable bonds is 7. The smallest absolute Gasteiger partial charge is 0.417 e. The molecule has 8 nitrogen and oxygen atoms in total. The molecule has 2 aromatic carbocycles. The van der Waals surface area contributed by atoms with E-state index in [4.69, 9.17) is 9.47 Å². The quantitative estimate of drug-likeness (QED) is 0.307. The third-order valence-electron chi connectivity index (χ3n) is 8.28. The van der Waals surface area contributed by atoms with Crippen LogP contribution in [0.25, 0.3) is 0 Å². The summed E-state index contributed by atoms with van der Waals surface area (Å²) in [5.41, 5.74) is -3.07. The number of benzene rings is 2. The fourth-order valence-corrected chi connectivity index (χ4v) is 5.87. The Morgan fingerprint density at radius 3 is 2.22 bits per heavy atom. The fraction of sp³-hybridized carbons (Fsp3) is 0.406. The number of hydrogen-bond donors (Lipinski definition) is 0. The van der Waals surface area contributed by atoms with Crippen molar-refractivity contribution in [3.8, 4) is 5.75 Å². The highest BCUT2D eigenvalue weighted by Crippen LogP contribution is 2.36. The number of aromatic nitrogens is 1. The zero-order valence-electron chi connectivity index (χ0n) is 24.9. The van der Waals surface area contributed by atoms with Crippen LogP contribution in [0.5, 0.6) is 5.75 Å². The minimum absolute atomic E-state index is 0.0747. The van der Waals surface area contributed by atoms with Gasteiger partial charge in [-0.05, 0) is 48.7 Å². The number of halogens is 6. The molecule has 2 saturated heterocycles. The maximum Gasteiger partial charge on any atom is 0.417 e. The van der Waals surface area contributed by atoms with Gasteiger partial charge >= 0.3 is 12.4 Å². The van der Waals surface area contributed by atoms with E-state index >= 15 is 0 Å².